The molecule has 4 rings (SSSR count). The van der Waals surface area contributed by atoms with Crippen LogP contribution in [-0.4, -0.2) is 43.3 Å². The van der Waals surface area contributed by atoms with Crippen molar-refractivity contribution in [3.63, 3.8) is 0 Å². The number of hydrogen-bond acceptors (Lipinski definition) is 6. The van der Waals surface area contributed by atoms with Gasteiger partial charge in [-0.25, -0.2) is 4.98 Å². The number of rotatable bonds is 9. The summed E-state index contributed by atoms with van der Waals surface area (Å²) in [6, 6.07) is 13.7. The van der Waals surface area contributed by atoms with Gasteiger partial charge in [0.2, 0.25) is 5.91 Å². The molecular weight excluding hydrogens is 426 g/mol. The van der Waals surface area contributed by atoms with Gasteiger partial charge in [-0.05, 0) is 42.5 Å². The maximum atomic E-state index is 12.4. The van der Waals surface area contributed by atoms with E-state index in [1.54, 1.807) is 21.3 Å². The van der Waals surface area contributed by atoms with Gasteiger partial charge in [0.1, 0.15) is 10.8 Å². The summed E-state index contributed by atoms with van der Waals surface area (Å²) >= 11 is 1.50. The first-order valence-electron chi connectivity index (χ1n) is 10.2. The van der Waals surface area contributed by atoms with Crippen molar-refractivity contribution >= 4 is 28.1 Å². The number of benzene rings is 2. The molecule has 0 saturated heterocycles. The summed E-state index contributed by atoms with van der Waals surface area (Å²) in [7, 11) is 4.87. The predicted octanol–water partition coefficient (Wildman–Crippen LogP) is 4.15. The standard InChI is InChI=1S/C24H25N3O4S/c1-29-19-5-6-20-16(12-19)8-10-27(20)11-9-25-23(28)14-18-15-32-24(26-18)17-4-7-21(30-2)22(13-17)31-3/h4-8,10,12-13,15H,9,11,14H2,1-3H3,(H,25,28). The third kappa shape index (κ3) is 4.70. The third-order valence-corrected chi connectivity index (χ3v) is 6.12. The van der Waals surface area contributed by atoms with Crippen molar-refractivity contribution < 1.29 is 19.0 Å². The number of hydrogen-bond donors (Lipinski definition) is 1. The van der Waals surface area contributed by atoms with Crippen LogP contribution >= 0.6 is 11.3 Å². The Labute approximate surface area is 190 Å². The van der Waals surface area contributed by atoms with Crippen LogP contribution in [-0.2, 0) is 17.8 Å². The summed E-state index contributed by atoms with van der Waals surface area (Å²) in [5.41, 5.74) is 2.78. The van der Waals surface area contributed by atoms with Crippen LogP contribution in [0.15, 0.2) is 54.0 Å². The Kier molecular flexibility index (Phi) is 6.61. The molecule has 2 aromatic carbocycles. The van der Waals surface area contributed by atoms with Crippen molar-refractivity contribution in [1.29, 1.82) is 0 Å². The number of amides is 1. The van der Waals surface area contributed by atoms with Crippen LogP contribution in [0.2, 0.25) is 0 Å². The zero-order valence-corrected chi connectivity index (χ0v) is 19.1. The van der Waals surface area contributed by atoms with E-state index < -0.39 is 0 Å². The van der Waals surface area contributed by atoms with Crippen molar-refractivity contribution in [2.24, 2.45) is 0 Å². The van der Waals surface area contributed by atoms with Gasteiger partial charge in [0.05, 0.1) is 33.4 Å². The number of aromatic nitrogens is 2. The van der Waals surface area contributed by atoms with Crippen LogP contribution in [0.25, 0.3) is 21.5 Å². The summed E-state index contributed by atoms with van der Waals surface area (Å²) in [4.78, 5) is 17.0. The molecule has 0 aliphatic rings. The molecule has 0 bridgehead atoms. The fraction of sp³-hybridized carbons (Fsp3) is 0.250. The lowest BCUT2D eigenvalue weighted by molar-refractivity contribution is -0.120. The van der Waals surface area contributed by atoms with Gasteiger partial charge in [0.25, 0.3) is 0 Å². The summed E-state index contributed by atoms with van der Waals surface area (Å²) in [5.74, 6) is 2.10. The van der Waals surface area contributed by atoms with Crippen molar-refractivity contribution in [3.8, 4) is 27.8 Å². The lowest BCUT2D eigenvalue weighted by Crippen LogP contribution is -2.28. The Balaban J connectivity index is 1.33. The van der Waals surface area contributed by atoms with E-state index in [2.05, 4.69) is 14.9 Å². The number of methoxy groups -OCH3 is 3. The van der Waals surface area contributed by atoms with E-state index in [-0.39, 0.29) is 12.3 Å². The van der Waals surface area contributed by atoms with E-state index in [1.807, 2.05) is 54.0 Å². The molecular formula is C24H25N3O4S. The van der Waals surface area contributed by atoms with Crippen LogP contribution in [0.3, 0.4) is 0 Å². The summed E-state index contributed by atoms with van der Waals surface area (Å²) in [5, 5.41) is 6.85. The Morgan fingerprint density at radius 2 is 1.88 bits per heavy atom. The molecule has 2 heterocycles. The van der Waals surface area contributed by atoms with Gasteiger partial charge in [0, 0.05) is 41.1 Å². The second-order valence-electron chi connectivity index (χ2n) is 7.17. The van der Waals surface area contributed by atoms with Gasteiger partial charge < -0.3 is 24.1 Å². The summed E-state index contributed by atoms with van der Waals surface area (Å²) in [6.07, 6.45) is 2.26. The van der Waals surface area contributed by atoms with Crippen LogP contribution in [0.5, 0.6) is 17.2 Å². The lowest BCUT2D eigenvalue weighted by atomic mass is 10.2. The highest BCUT2D eigenvalue weighted by Crippen LogP contribution is 2.33. The zero-order valence-electron chi connectivity index (χ0n) is 18.3. The van der Waals surface area contributed by atoms with Crippen LogP contribution in [0.1, 0.15) is 5.69 Å². The van der Waals surface area contributed by atoms with E-state index in [9.17, 15) is 4.79 Å². The molecule has 8 heteroatoms. The highest BCUT2D eigenvalue weighted by molar-refractivity contribution is 7.13. The molecule has 1 amide bonds. The van der Waals surface area contributed by atoms with Gasteiger partial charge >= 0.3 is 0 Å². The number of carbonyl (C=O) groups is 1. The number of thiazole rings is 1. The number of ether oxygens (including phenoxy) is 3. The molecule has 0 spiro atoms. The maximum Gasteiger partial charge on any atom is 0.226 e. The molecule has 0 atom stereocenters. The molecule has 7 nitrogen and oxygen atoms in total. The highest BCUT2D eigenvalue weighted by atomic mass is 32.1. The highest BCUT2D eigenvalue weighted by Gasteiger charge is 2.12. The summed E-state index contributed by atoms with van der Waals surface area (Å²) in [6.45, 7) is 1.23. The molecule has 2 aromatic heterocycles. The molecule has 0 aliphatic heterocycles. The molecule has 0 aliphatic carbocycles. The Morgan fingerprint density at radius 3 is 2.66 bits per heavy atom. The molecule has 1 N–H and O–H groups in total. The SMILES string of the molecule is COc1ccc2c(ccn2CCNC(=O)Cc2csc(-c3ccc(OC)c(OC)c3)n2)c1. The minimum atomic E-state index is -0.0488. The molecule has 166 valence electrons. The summed E-state index contributed by atoms with van der Waals surface area (Å²) < 4.78 is 18.0. The van der Waals surface area contributed by atoms with E-state index in [0.717, 1.165) is 32.9 Å². The van der Waals surface area contributed by atoms with Crippen LogP contribution in [0.4, 0.5) is 0 Å². The zero-order chi connectivity index (χ0) is 22.5. The van der Waals surface area contributed by atoms with Gasteiger partial charge in [-0.3, -0.25) is 4.79 Å². The Hall–Kier alpha value is -3.52. The van der Waals surface area contributed by atoms with Crippen molar-refractivity contribution in [3.05, 3.63) is 59.7 Å². The monoisotopic (exact) mass is 451 g/mol. The first kappa shape index (κ1) is 21.7. The van der Waals surface area contributed by atoms with Gasteiger partial charge in [-0.1, -0.05) is 0 Å². The number of nitrogens with zero attached hydrogens (tertiary/aromatic N) is 2. The van der Waals surface area contributed by atoms with E-state index in [0.29, 0.717) is 24.6 Å². The first-order valence-corrected chi connectivity index (χ1v) is 11.1. The third-order valence-electron chi connectivity index (χ3n) is 5.18. The van der Waals surface area contributed by atoms with Gasteiger partial charge in [-0.15, -0.1) is 11.3 Å². The molecule has 0 saturated carbocycles. The fourth-order valence-corrected chi connectivity index (χ4v) is 4.35. The van der Waals surface area contributed by atoms with E-state index in [1.165, 1.54) is 11.3 Å². The minimum absolute atomic E-state index is 0.0488. The number of fused-ring (bicyclic) bond motifs is 1. The van der Waals surface area contributed by atoms with Gasteiger partial charge in [0.15, 0.2) is 11.5 Å². The molecule has 32 heavy (non-hydrogen) atoms. The smallest absolute Gasteiger partial charge is 0.226 e. The van der Waals surface area contributed by atoms with Crippen molar-refractivity contribution in [2.45, 2.75) is 13.0 Å². The van der Waals surface area contributed by atoms with E-state index in [4.69, 9.17) is 14.2 Å². The number of nitrogens with one attached hydrogen (secondary N) is 1. The van der Waals surface area contributed by atoms with Crippen molar-refractivity contribution in [2.75, 3.05) is 27.9 Å². The lowest BCUT2D eigenvalue weighted by Gasteiger charge is -2.08. The molecule has 0 unspecified atom stereocenters. The normalized spacial score (nSPS) is 10.8. The largest absolute Gasteiger partial charge is 0.497 e. The average molecular weight is 452 g/mol. The fourth-order valence-electron chi connectivity index (χ4n) is 3.53. The van der Waals surface area contributed by atoms with Crippen molar-refractivity contribution in [1.82, 2.24) is 14.9 Å². The second kappa shape index (κ2) is 9.74. The average Bonchev–Trinajstić information content (AvgIpc) is 3.45. The van der Waals surface area contributed by atoms with Crippen LogP contribution < -0.4 is 19.5 Å². The number of carbonyl (C=O) groups excluding carboxylic acids is 1. The molecule has 4 aromatic rings. The predicted molar refractivity (Wildman–Crippen MR) is 126 cm³/mol. The molecule has 0 radical (unpaired) electrons. The maximum absolute atomic E-state index is 12.4. The minimum Gasteiger partial charge on any atom is -0.497 e. The van der Waals surface area contributed by atoms with Crippen LogP contribution in [0, 0.1) is 0 Å². The first-order chi connectivity index (χ1) is 15.6. The second-order valence-corrected chi connectivity index (χ2v) is 8.03. The quantitative estimate of drug-likeness (QED) is 0.414. The topological polar surface area (TPSA) is 74.6 Å². The molecule has 0 fully saturated rings. The van der Waals surface area contributed by atoms with Gasteiger partial charge in [-0.2, -0.15) is 0 Å². The Morgan fingerprint density at radius 1 is 1.03 bits per heavy atom. The van der Waals surface area contributed by atoms with E-state index >= 15 is 0 Å². The Bertz CT molecular complexity index is 1230.